The highest BCUT2D eigenvalue weighted by Crippen LogP contribution is 2.47. The van der Waals surface area contributed by atoms with E-state index in [0.29, 0.717) is 40.6 Å². The third-order valence-corrected chi connectivity index (χ3v) is 6.21. The summed E-state index contributed by atoms with van der Waals surface area (Å²) < 4.78 is 5.01. The fourth-order valence-electron chi connectivity index (χ4n) is 3.81. The third kappa shape index (κ3) is 4.68. The van der Waals surface area contributed by atoms with E-state index in [0.717, 1.165) is 11.3 Å². The first-order valence-corrected chi connectivity index (χ1v) is 10.8. The van der Waals surface area contributed by atoms with Crippen LogP contribution in [0.2, 0.25) is 5.02 Å². The summed E-state index contributed by atoms with van der Waals surface area (Å²) in [6, 6.07) is 9.49. The number of hydrogen-bond acceptors (Lipinski definition) is 6. The van der Waals surface area contributed by atoms with E-state index in [1.165, 1.54) is 11.8 Å². The SMILES string of the molecule is CCOC(=O)CSC1=C(C#N)[C@@H](c2ccc(Cl)cc2)C2=C(CC(C)(C)CC2=O)N1. The van der Waals surface area contributed by atoms with Crippen molar-refractivity contribution in [2.45, 2.75) is 39.5 Å². The van der Waals surface area contributed by atoms with Crippen molar-refractivity contribution in [2.24, 2.45) is 5.41 Å². The van der Waals surface area contributed by atoms with Crippen LogP contribution in [0.5, 0.6) is 0 Å². The van der Waals surface area contributed by atoms with Gasteiger partial charge in [-0.05, 0) is 36.5 Å². The van der Waals surface area contributed by atoms with Crippen LogP contribution in [0.3, 0.4) is 0 Å². The van der Waals surface area contributed by atoms with Crippen LogP contribution in [0.1, 0.15) is 45.1 Å². The summed E-state index contributed by atoms with van der Waals surface area (Å²) in [6.45, 7) is 6.18. The highest BCUT2D eigenvalue weighted by Gasteiger charge is 2.41. The molecule has 152 valence electrons. The Balaban J connectivity index is 2.06. The van der Waals surface area contributed by atoms with Crippen LogP contribution in [0.4, 0.5) is 0 Å². The van der Waals surface area contributed by atoms with Crippen molar-refractivity contribution in [2.75, 3.05) is 12.4 Å². The summed E-state index contributed by atoms with van der Waals surface area (Å²) in [5, 5.41) is 14.4. The molecule has 5 nitrogen and oxygen atoms in total. The molecule has 1 aromatic rings. The molecule has 1 aliphatic carbocycles. The lowest BCUT2D eigenvalue weighted by molar-refractivity contribution is -0.139. The Kier molecular flexibility index (Phi) is 6.40. The number of carbonyl (C=O) groups excluding carboxylic acids is 2. The average molecular weight is 431 g/mol. The van der Waals surface area contributed by atoms with Crippen molar-refractivity contribution in [3.8, 4) is 6.07 Å². The second-order valence-electron chi connectivity index (χ2n) is 7.89. The zero-order valence-corrected chi connectivity index (χ0v) is 18.2. The Hall–Kier alpha value is -2.23. The summed E-state index contributed by atoms with van der Waals surface area (Å²) in [6.07, 6.45) is 1.13. The standard InChI is InChI=1S/C22H23ClN2O3S/c1-4-28-18(27)12-29-21-15(11-24)19(13-5-7-14(23)8-6-13)20-16(25-21)9-22(2,3)10-17(20)26/h5-8,19,25H,4,9-10,12H2,1-3H3/t19-/m1/s1. The van der Waals surface area contributed by atoms with Gasteiger partial charge in [0.2, 0.25) is 0 Å². The van der Waals surface area contributed by atoms with Crippen LogP contribution < -0.4 is 5.32 Å². The van der Waals surface area contributed by atoms with Crippen LogP contribution in [0, 0.1) is 16.7 Å². The summed E-state index contributed by atoms with van der Waals surface area (Å²) in [7, 11) is 0. The summed E-state index contributed by atoms with van der Waals surface area (Å²) in [5.74, 6) is -0.672. The number of esters is 1. The Morgan fingerprint density at radius 2 is 2.03 bits per heavy atom. The van der Waals surface area contributed by atoms with Crippen molar-refractivity contribution in [3.63, 3.8) is 0 Å². The molecule has 2 aliphatic rings. The number of thioether (sulfide) groups is 1. The first kappa shape index (κ1) is 21.5. The maximum absolute atomic E-state index is 13.1. The fourth-order valence-corrected chi connectivity index (χ4v) is 4.80. The second kappa shape index (κ2) is 8.64. The maximum atomic E-state index is 13.1. The van der Waals surface area contributed by atoms with Gasteiger partial charge in [-0.1, -0.05) is 49.3 Å². The molecule has 1 aromatic carbocycles. The van der Waals surface area contributed by atoms with Gasteiger partial charge in [-0.2, -0.15) is 5.26 Å². The Morgan fingerprint density at radius 3 is 2.66 bits per heavy atom. The molecule has 0 radical (unpaired) electrons. The van der Waals surface area contributed by atoms with Crippen molar-refractivity contribution < 1.29 is 14.3 Å². The number of carbonyl (C=O) groups is 2. The molecule has 29 heavy (non-hydrogen) atoms. The van der Waals surface area contributed by atoms with Crippen LogP contribution in [0.15, 0.2) is 46.1 Å². The van der Waals surface area contributed by atoms with E-state index in [1.807, 2.05) is 12.1 Å². The third-order valence-electron chi connectivity index (χ3n) is 4.97. The van der Waals surface area contributed by atoms with Gasteiger partial charge in [0.15, 0.2) is 5.78 Å². The van der Waals surface area contributed by atoms with Crippen LogP contribution in [0.25, 0.3) is 0 Å². The molecule has 0 aromatic heterocycles. The van der Waals surface area contributed by atoms with Gasteiger partial charge in [0, 0.05) is 22.7 Å². The minimum Gasteiger partial charge on any atom is -0.465 e. The molecule has 0 saturated carbocycles. The molecule has 1 heterocycles. The molecule has 0 saturated heterocycles. The van der Waals surface area contributed by atoms with E-state index in [-0.39, 0.29) is 22.9 Å². The first-order valence-electron chi connectivity index (χ1n) is 9.47. The van der Waals surface area contributed by atoms with Crippen LogP contribution in [-0.2, 0) is 14.3 Å². The van der Waals surface area contributed by atoms with Gasteiger partial charge in [0.05, 0.1) is 34.9 Å². The molecular weight excluding hydrogens is 408 g/mol. The zero-order valence-electron chi connectivity index (χ0n) is 16.7. The van der Waals surface area contributed by atoms with Gasteiger partial charge >= 0.3 is 5.97 Å². The molecule has 0 bridgehead atoms. The van der Waals surface area contributed by atoms with Crippen LogP contribution >= 0.6 is 23.4 Å². The summed E-state index contributed by atoms with van der Waals surface area (Å²) in [4.78, 5) is 24.9. The first-order chi connectivity index (χ1) is 13.8. The minimum atomic E-state index is -0.471. The number of allylic oxidation sites excluding steroid dienone is 3. The van der Waals surface area contributed by atoms with Gasteiger partial charge in [-0.15, -0.1) is 0 Å². The van der Waals surface area contributed by atoms with E-state index >= 15 is 0 Å². The number of dihydropyridines is 1. The molecule has 1 N–H and O–H groups in total. The van der Waals surface area contributed by atoms with Crippen LogP contribution in [-0.4, -0.2) is 24.1 Å². The number of nitrogens with zero attached hydrogens (tertiary/aromatic N) is 1. The largest absolute Gasteiger partial charge is 0.465 e. The second-order valence-corrected chi connectivity index (χ2v) is 9.31. The highest BCUT2D eigenvalue weighted by molar-refractivity contribution is 8.03. The lowest BCUT2D eigenvalue weighted by atomic mass is 9.69. The van der Waals surface area contributed by atoms with Crippen molar-refractivity contribution in [3.05, 3.63) is 56.7 Å². The normalized spacial score (nSPS) is 20.7. The quantitative estimate of drug-likeness (QED) is 0.682. The minimum absolute atomic E-state index is 0.0471. The lowest BCUT2D eigenvalue weighted by Crippen LogP contribution is -2.37. The Bertz CT molecular complexity index is 942. The molecule has 3 rings (SSSR count). The van der Waals surface area contributed by atoms with Crippen molar-refractivity contribution >= 4 is 35.1 Å². The molecule has 0 fully saturated rings. The number of nitriles is 1. The highest BCUT2D eigenvalue weighted by atomic mass is 35.5. The van der Waals surface area contributed by atoms with Gasteiger partial charge < -0.3 is 10.1 Å². The molecular formula is C22H23ClN2O3S. The molecule has 0 spiro atoms. The average Bonchev–Trinajstić information content (AvgIpc) is 2.65. The Morgan fingerprint density at radius 1 is 1.34 bits per heavy atom. The number of ketones is 1. The number of ether oxygens (including phenoxy) is 1. The summed E-state index contributed by atoms with van der Waals surface area (Å²) >= 11 is 7.28. The number of benzene rings is 1. The van der Waals surface area contributed by atoms with E-state index < -0.39 is 5.92 Å². The molecule has 0 amide bonds. The fraction of sp³-hybridized carbons (Fsp3) is 0.409. The molecule has 0 unspecified atom stereocenters. The number of nitrogens with one attached hydrogen (secondary N) is 1. The van der Waals surface area contributed by atoms with Gasteiger partial charge in [0.25, 0.3) is 0 Å². The monoisotopic (exact) mass is 430 g/mol. The predicted molar refractivity (Wildman–Crippen MR) is 114 cm³/mol. The lowest BCUT2D eigenvalue weighted by Gasteiger charge is -2.39. The van der Waals surface area contributed by atoms with Gasteiger partial charge in [-0.3, -0.25) is 9.59 Å². The smallest absolute Gasteiger partial charge is 0.316 e. The van der Waals surface area contributed by atoms with Gasteiger partial charge in [-0.25, -0.2) is 0 Å². The van der Waals surface area contributed by atoms with Crippen molar-refractivity contribution in [1.82, 2.24) is 5.32 Å². The van der Waals surface area contributed by atoms with E-state index in [1.54, 1.807) is 19.1 Å². The predicted octanol–water partition coefficient (Wildman–Crippen LogP) is 4.70. The number of hydrogen-bond donors (Lipinski definition) is 1. The maximum Gasteiger partial charge on any atom is 0.316 e. The topological polar surface area (TPSA) is 79.2 Å². The van der Waals surface area contributed by atoms with E-state index in [2.05, 4.69) is 25.2 Å². The van der Waals surface area contributed by atoms with Crippen molar-refractivity contribution in [1.29, 1.82) is 5.26 Å². The molecule has 1 atom stereocenters. The van der Waals surface area contributed by atoms with Gasteiger partial charge in [0.1, 0.15) is 0 Å². The number of halogens is 1. The van der Waals surface area contributed by atoms with E-state index in [4.69, 9.17) is 16.3 Å². The molecule has 1 aliphatic heterocycles. The summed E-state index contributed by atoms with van der Waals surface area (Å²) in [5.41, 5.74) is 2.57. The van der Waals surface area contributed by atoms with E-state index in [9.17, 15) is 14.9 Å². The number of Topliss-reactive ketones (excluding diaryl/α,β-unsaturated/α-hetero) is 1. The number of rotatable bonds is 5. The Labute approximate surface area is 180 Å². The zero-order chi connectivity index (χ0) is 21.2. The molecule has 7 heteroatoms.